The standard InChI is InChI=1S/C12H19N3O2S/c1-15-8-4-5-10(15)9-14-11-6-2-3-7-12(11)18(13,16)17/h2-3,6-7,10,14H,4-5,8-9H2,1H3,(H2,13,16,17). The first-order chi connectivity index (χ1) is 8.48. The fraction of sp³-hybridized carbons (Fsp3) is 0.500. The Bertz CT molecular complexity index is 516. The molecule has 0 amide bonds. The van der Waals surface area contributed by atoms with Crippen molar-refractivity contribution in [2.24, 2.45) is 5.14 Å². The van der Waals surface area contributed by atoms with Gasteiger partial charge in [-0.25, -0.2) is 13.6 Å². The number of rotatable bonds is 4. The fourth-order valence-electron chi connectivity index (χ4n) is 2.33. The maximum atomic E-state index is 11.4. The molecule has 3 N–H and O–H groups in total. The average molecular weight is 269 g/mol. The quantitative estimate of drug-likeness (QED) is 0.849. The van der Waals surface area contributed by atoms with Crippen molar-refractivity contribution in [2.45, 2.75) is 23.8 Å². The Morgan fingerprint density at radius 3 is 2.78 bits per heavy atom. The number of hydrogen-bond acceptors (Lipinski definition) is 4. The predicted molar refractivity (Wildman–Crippen MR) is 72.0 cm³/mol. The van der Waals surface area contributed by atoms with Crippen LogP contribution < -0.4 is 10.5 Å². The van der Waals surface area contributed by atoms with E-state index in [4.69, 9.17) is 5.14 Å². The Morgan fingerprint density at radius 2 is 2.17 bits per heavy atom. The van der Waals surface area contributed by atoms with Gasteiger partial charge in [-0.1, -0.05) is 12.1 Å². The summed E-state index contributed by atoms with van der Waals surface area (Å²) in [6.07, 6.45) is 2.33. The van der Waals surface area contributed by atoms with E-state index < -0.39 is 10.0 Å². The fourth-order valence-corrected chi connectivity index (χ4v) is 3.04. The van der Waals surface area contributed by atoms with E-state index in [1.807, 2.05) is 0 Å². The molecule has 0 bridgehead atoms. The summed E-state index contributed by atoms with van der Waals surface area (Å²) in [5.41, 5.74) is 0.584. The maximum absolute atomic E-state index is 11.4. The number of likely N-dealkylation sites (tertiary alicyclic amines) is 1. The van der Waals surface area contributed by atoms with Gasteiger partial charge in [0.1, 0.15) is 4.90 Å². The van der Waals surface area contributed by atoms with E-state index >= 15 is 0 Å². The molecular formula is C12H19N3O2S. The minimum absolute atomic E-state index is 0.158. The molecule has 1 unspecified atom stereocenters. The Balaban J connectivity index is 2.10. The van der Waals surface area contributed by atoms with Crippen LogP contribution in [0.2, 0.25) is 0 Å². The third-order valence-electron chi connectivity index (χ3n) is 3.39. The Morgan fingerprint density at radius 1 is 1.44 bits per heavy atom. The largest absolute Gasteiger partial charge is 0.382 e. The molecule has 1 heterocycles. The van der Waals surface area contributed by atoms with Crippen LogP contribution in [0.25, 0.3) is 0 Å². The van der Waals surface area contributed by atoms with Crippen molar-refractivity contribution in [2.75, 3.05) is 25.5 Å². The Kier molecular flexibility index (Phi) is 3.89. The molecule has 2 rings (SSSR count). The Hall–Kier alpha value is -1.11. The number of nitrogens with one attached hydrogen (secondary N) is 1. The normalized spacial score (nSPS) is 21.1. The molecule has 1 fully saturated rings. The highest BCUT2D eigenvalue weighted by Crippen LogP contribution is 2.21. The van der Waals surface area contributed by atoms with Crippen molar-refractivity contribution in [3.05, 3.63) is 24.3 Å². The minimum Gasteiger partial charge on any atom is -0.382 e. The van der Waals surface area contributed by atoms with E-state index in [1.54, 1.807) is 18.2 Å². The van der Waals surface area contributed by atoms with Crippen LogP contribution >= 0.6 is 0 Å². The lowest BCUT2D eigenvalue weighted by Crippen LogP contribution is -2.32. The van der Waals surface area contributed by atoms with Crippen LogP contribution in [0.3, 0.4) is 0 Å². The van der Waals surface area contributed by atoms with Gasteiger partial charge in [0, 0.05) is 12.6 Å². The van der Waals surface area contributed by atoms with Crippen molar-refractivity contribution < 1.29 is 8.42 Å². The molecule has 1 aliphatic heterocycles. The molecule has 1 aromatic rings. The van der Waals surface area contributed by atoms with Gasteiger partial charge < -0.3 is 10.2 Å². The number of benzene rings is 1. The van der Waals surface area contributed by atoms with Gasteiger partial charge in [0.25, 0.3) is 0 Å². The van der Waals surface area contributed by atoms with E-state index in [0.717, 1.165) is 19.5 Å². The number of anilines is 1. The summed E-state index contributed by atoms with van der Waals surface area (Å²) in [6, 6.07) is 7.20. The van der Waals surface area contributed by atoms with Crippen LogP contribution in [0.4, 0.5) is 5.69 Å². The summed E-state index contributed by atoms with van der Waals surface area (Å²) in [5.74, 6) is 0. The first-order valence-corrected chi connectivity index (χ1v) is 7.59. The molecule has 0 radical (unpaired) electrons. The van der Waals surface area contributed by atoms with Crippen molar-refractivity contribution in [1.29, 1.82) is 0 Å². The van der Waals surface area contributed by atoms with Gasteiger partial charge in [0.05, 0.1) is 5.69 Å². The highest BCUT2D eigenvalue weighted by atomic mass is 32.2. The number of nitrogens with zero attached hydrogens (tertiary/aromatic N) is 1. The summed E-state index contributed by atoms with van der Waals surface area (Å²) in [7, 11) is -1.58. The molecule has 0 saturated carbocycles. The molecule has 1 aliphatic rings. The number of para-hydroxylation sites is 1. The van der Waals surface area contributed by atoms with Crippen molar-refractivity contribution >= 4 is 15.7 Å². The molecule has 5 nitrogen and oxygen atoms in total. The molecular weight excluding hydrogens is 250 g/mol. The van der Waals surface area contributed by atoms with Gasteiger partial charge in [0.15, 0.2) is 0 Å². The monoisotopic (exact) mass is 269 g/mol. The van der Waals surface area contributed by atoms with Gasteiger partial charge in [-0.05, 0) is 38.6 Å². The highest BCUT2D eigenvalue weighted by Gasteiger charge is 2.21. The van der Waals surface area contributed by atoms with Crippen LogP contribution in [0.15, 0.2) is 29.2 Å². The van der Waals surface area contributed by atoms with E-state index in [2.05, 4.69) is 17.3 Å². The lowest BCUT2D eigenvalue weighted by Gasteiger charge is -2.21. The minimum atomic E-state index is -3.67. The third kappa shape index (κ3) is 3.01. The average Bonchev–Trinajstić information content (AvgIpc) is 2.71. The van der Waals surface area contributed by atoms with Gasteiger partial charge >= 0.3 is 0 Å². The van der Waals surface area contributed by atoms with Gasteiger partial charge in [-0.3, -0.25) is 0 Å². The summed E-state index contributed by atoms with van der Waals surface area (Å²) >= 11 is 0. The maximum Gasteiger partial charge on any atom is 0.240 e. The SMILES string of the molecule is CN1CCCC1CNc1ccccc1S(N)(=O)=O. The van der Waals surface area contributed by atoms with Crippen molar-refractivity contribution in [3.63, 3.8) is 0 Å². The molecule has 0 spiro atoms. The second-order valence-corrected chi connectivity index (χ2v) is 6.23. The van der Waals surface area contributed by atoms with E-state index in [1.165, 1.54) is 12.5 Å². The summed E-state index contributed by atoms with van der Waals surface area (Å²) in [4.78, 5) is 2.44. The lowest BCUT2D eigenvalue weighted by molar-refractivity contribution is 0.322. The third-order valence-corrected chi connectivity index (χ3v) is 4.36. The smallest absolute Gasteiger partial charge is 0.240 e. The molecule has 1 saturated heterocycles. The molecule has 6 heteroatoms. The zero-order chi connectivity index (χ0) is 13.2. The van der Waals surface area contributed by atoms with Gasteiger partial charge in [-0.15, -0.1) is 0 Å². The first-order valence-electron chi connectivity index (χ1n) is 6.04. The number of primary sulfonamides is 1. The van der Waals surface area contributed by atoms with E-state index in [9.17, 15) is 8.42 Å². The second kappa shape index (κ2) is 5.26. The zero-order valence-electron chi connectivity index (χ0n) is 10.5. The van der Waals surface area contributed by atoms with Crippen LogP contribution in [-0.4, -0.2) is 39.5 Å². The van der Waals surface area contributed by atoms with Crippen molar-refractivity contribution in [3.8, 4) is 0 Å². The number of nitrogens with two attached hydrogens (primary N) is 1. The number of hydrogen-bond donors (Lipinski definition) is 2. The van der Waals surface area contributed by atoms with Gasteiger partial charge in [-0.2, -0.15) is 0 Å². The number of likely N-dealkylation sites (N-methyl/N-ethyl adjacent to an activating group) is 1. The second-order valence-electron chi connectivity index (χ2n) is 4.70. The number of sulfonamides is 1. The molecule has 1 aromatic carbocycles. The molecule has 0 aromatic heterocycles. The zero-order valence-corrected chi connectivity index (χ0v) is 11.3. The molecule has 1 atom stereocenters. The predicted octanol–water partition coefficient (Wildman–Crippen LogP) is 0.840. The summed E-state index contributed by atoms with van der Waals surface area (Å²) in [5, 5.41) is 8.38. The van der Waals surface area contributed by atoms with E-state index in [0.29, 0.717) is 11.7 Å². The van der Waals surface area contributed by atoms with E-state index in [-0.39, 0.29) is 4.90 Å². The lowest BCUT2D eigenvalue weighted by atomic mass is 10.2. The van der Waals surface area contributed by atoms with Crippen LogP contribution in [0.5, 0.6) is 0 Å². The molecule has 18 heavy (non-hydrogen) atoms. The molecule has 0 aliphatic carbocycles. The van der Waals surface area contributed by atoms with Crippen LogP contribution in [0, 0.1) is 0 Å². The summed E-state index contributed by atoms with van der Waals surface area (Å²) in [6.45, 7) is 1.84. The highest BCUT2D eigenvalue weighted by molar-refractivity contribution is 7.89. The first kappa shape index (κ1) is 13.3. The van der Waals surface area contributed by atoms with Crippen LogP contribution in [-0.2, 0) is 10.0 Å². The van der Waals surface area contributed by atoms with Gasteiger partial charge in [0.2, 0.25) is 10.0 Å². The topological polar surface area (TPSA) is 75.4 Å². The summed E-state index contributed by atoms with van der Waals surface area (Å²) < 4.78 is 22.9. The van der Waals surface area contributed by atoms with Crippen molar-refractivity contribution in [1.82, 2.24) is 4.90 Å². The Labute approximate surface area is 108 Å². The molecule has 100 valence electrons. The van der Waals surface area contributed by atoms with Crippen LogP contribution in [0.1, 0.15) is 12.8 Å².